The first-order valence-electron chi connectivity index (χ1n) is 4.16. The van der Waals surface area contributed by atoms with Crippen molar-refractivity contribution in [2.24, 2.45) is 0 Å². The van der Waals surface area contributed by atoms with E-state index in [9.17, 15) is 8.78 Å². The lowest BCUT2D eigenvalue weighted by molar-refractivity contribution is 0.0985. The lowest BCUT2D eigenvalue weighted by Gasteiger charge is -2.09. The van der Waals surface area contributed by atoms with Gasteiger partial charge in [-0.25, -0.2) is 0 Å². The van der Waals surface area contributed by atoms with E-state index >= 15 is 0 Å². The maximum atomic E-state index is 12.8. The zero-order valence-electron chi connectivity index (χ0n) is 7.43. The summed E-state index contributed by atoms with van der Waals surface area (Å²) in [5.74, 6) is 0. The maximum absolute atomic E-state index is 12.8. The van der Waals surface area contributed by atoms with E-state index in [1.54, 1.807) is 6.07 Å². The van der Waals surface area contributed by atoms with Crippen molar-refractivity contribution in [3.8, 4) is 0 Å². The number of pyridine rings is 1. The van der Waals surface area contributed by atoms with Crippen LogP contribution in [0.3, 0.4) is 0 Å². The van der Waals surface area contributed by atoms with Crippen LogP contribution < -0.4 is 0 Å². The summed E-state index contributed by atoms with van der Waals surface area (Å²) in [6.45, 7) is 2.01. The van der Waals surface area contributed by atoms with Gasteiger partial charge >= 0.3 is 0 Å². The lowest BCUT2D eigenvalue weighted by atomic mass is 10.1. The van der Waals surface area contributed by atoms with Crippen molar-refractivity contribution in [1.82, 2.24) is 4.98 Å². The minimum Gasteiger partial charge on any atom is -0.255 e. The molecule has 0 fully saturated rings. The summed E-state index contributed by atoms with van der Waals surface area (Å²) < 4.78 is 25.6. The van der Waals surface area contributed by atoms with Crippen LogP contribution in [-0.2, 0) is 12.1 Å². The van der Waals surface area contributed by atoms with Crippen LogP contribution in [0.15, 0.2) is 18.3 Å². The minimum atomic E-state index is -2.91. The highest BCUT2D eigenvalue weighted by Crippen LogP contribution is 2.33. The van der Waals surface area contributed by atoms with Crippen LogP contribution in [0.25, 0.3) is 0 Å². The Morgan fingerprint density at radius 2 is 2.23 bits per heavy atom. The lowest BCUT2D eigenvalue weighted by Crippen LogP contribution is -2.05. The van der Waals surface area contributed by atoms with E-state index in [1.807, 2.05) is 6.92 Å². The molecule has 1 aromatic heterocycles. The van der Waals surface area contributed by atoms with E-state index in [0.29, 0.717) is 0 Å². The van der Waals surface area contributed by atoms with E-state index in [1.165, 1.54) is 21.5 Å². The molecule has 4 heteroatoms. The zero-order valence-corrected chi connectivity index (χ0v) is 8.58. The molecule has 1 aromatic rings. The molecule has 0 aliphatic carbocycles. The molecule has 0 aliphatic rings. The summed E-state index contributed by atoms with van der Waals surface area (Å²) >= 11 is 0. The highest BCUT2D eigenvalue weighted by Gasteiger charge is 2.26. The van der Waals surface area contributed by atoms with Crippen LogP contribution in [0.5, 0.6) is 0 Å². The summed E-state index contributed by atoms with van der Waals surface area (Å²) in [5, 5.41) is 0. The van der Waals surface area contributed by atoms with Gasteiger partial charge in [-0.15, -0.1) is 0 Å². The van der Waals surface area contributed by atoms with Crippen molar-refractivity contribution in [2.75, 3.05) is 0 Å². The zero-order chi connectivity index (χ0) is 9.90. The van der Waals surface area contributed by atoms with E-state index < -0.39 is 5.66 Å². The minimum absolute atomic E-state index is 0.177. The molecule has 72 valence electrons. The molecule has 0 saturated heterocycles. The SMILES string of the molecule is CCCc1ccnc(C(F)(F)P)c1. The number of halogens is 2. The molecular formula is C9H12F2NP. The van der Waals surface area contributed by atoms with Gasteiger partial charge < -0.3 is 0 Å². The molecule has 0 N–H and O–H groups in total. The van der Waals surface area contributed by atoms with Crippen LogP contribution in [0.4, 0.5) is 8.78 Å². The van der Waals surface area contributed by atoms with Crippen LogP contribution in [0, 0.1) is 0 Å². The Bertz CT molecular complexity index is 283. The van der Waals surface area contributed by atoms with E-state index in [-0.39, 0.29) is 5.69 Å². The first-order valence-corrected chi connectivity index (χ1v) is 4.74. The second-order valence-electron chi connectivity index (χ2n) is 2.92. The van der Waals surface area contributed by atoms with Crippen molar-refractivity contribution >= 4 is 9.24 Å². The standard InChI is InChI=1S/C9H12F2NP/c1-2-3-7-4-5-12-8(6-7)9(10,11)13/h4-6H,2-3,13H2,1H3. The molecule has 0 aliphatic heterocycles. The number of alkyl halides is 2. The first kappa shape index (κ1) is 10.5. The van der Waals surface area contributed by atoms with Gasteiger partial charge in [0.25, 0.3) is 5.66 Å². The molecule has 0 radical (unpaired) electrons. The van der Waals surface area contributed by atoms with Crippen LogP contribution in [0.1, 0.15) is 24.6 Å². The summed E-state index contributed by atoms with van der Waals surface area (Å²) in [6.07, 6.45) is 3.19. The Morgan fingerprint density at radius 3 is 2.77 bits per heavy atom. The van der Waals surface area contributed by atoms with Gasteiger partial charge in [0.1, 0.15) is 5.69 Å². The number of hydrogen-bond acceptors (Lipinski definition) is 1. The summed E-state index contributed by atoms with van der Waals surface area (Å²) in [6, 6.07) is 3.22. The number of nitrogens with zero attached hydrogens (tertiary/aromatic N) is 1. The molecule has 1 nitrogen and oxygen atoms in total. The Hall–Kier alpha value is -0.560. The molecule has 1 atom stereocenters. The van der Waals surface area contributed by atoms with Gasteiger partial charge in [0, 0.05) is 6.20 Å². The fourth-order valence-corrected chi connectivity index (χ4v) is 1.26. The van der Waals surface area contributed by atoms with Crippen LogP contribution in [0.2, 0.25) is 0 Å². The largest absolute Gasteiger partial charge is 0.300 e. The molecule has 0 spiro atoms. The monoisotopic (exact) mass is 203 g/mol. The van der Waals surface area contributed by atoms with Crippen LogP contribution in [-0.4, -0.2) is 4.98 Å². The smallest absolute Gasteiger partial charge is 0.255 e. The second kappa shape index (κ2) is 4.10. The molecule has 0 bridgehead atoms. The Balaban J connectivity index is 2.92. The van der Waals surface area contributed by atoms with Crippen LogP contribution >= 0.6 is 9.24 Å². The third-order valence-electron chi connectivity index (χ3n) is 1.70. The van der Waals surface area contributed by atoms with E-state index in [4.69, 9.17) is 0 Å². The Morgan fingerprint density at radius 1 is 1.54 bits per heavy atom. The number of aryl methyl sites for hydroxylation is 1. The van der Waals surface area contributed by atoms with Gasteiger partial charge in [-0.3, -0.25) is 4.98 Å². The maximum Gasteiger partial charge on any atom is 0.300 e. The molecule has 1 rings (SSSR count). The predicted octanol–water partition coefficient (Wildman–Crippen LogP) is 2.96. The number of rotatable bonds is 3. The van der Waals surface area contributed by atoms with Crippen molar-refractivity contribution < 1.29 is 8.78 Å². The third-order valence-corrected chi connectivity index (χ3v) is 2.00. The van der Waals surface area contributed by atoms with Gasteiger partial charge in [-0.2, -0.15) is 8.78 Å². The summed E-state index contributed by atoms with van der Waals surface area (Å²) in [4.78, 5) is 3.62. The summed E-state index contributed by atoms with van der Waals surface area (Å²) in [7, 11) is 1.49. The van der Waals surface area contributed by atoms with Gasteiger partial charge in [-0.05, 0) is 24.1 Å². The van der Waals surface area contributed by atoms with E-state index in [2.05, 4.69) is 4.98 Å². The highest BCUT2D eigenvalue weighted by atomic mass is 31.0. The molecule has 13 heavy (non-hydrogen) atoms. The van der Waals surface area contributed by atoms with Gasteiger partial charge in [0.15, 0.2) is 0 Å². The molecular weight excluding hydrogens is 191 g/mol. The quantitative estimate of drug-likeness (QED) is 0.688. The van der Waals surface area contributed by atoms with Crippen molar-refractivity contribution in [3.63, 3.8) is 0 Å². The highest BCUT2D eigenvalue weighted by molar-refractivity contribution is 7.17. The number of hydrogen-bond donors (Lipinski definition) is 0. The molecule has 1 heterocycles. The predicted molar refractivity (Wildman–Crippen MR) is 51.8 cm³/mol. The van der Waals surface area contributed by atoms with Gasteiger partial charge in [0.05, 0.1) is 0 Å². The average molecular weight is 203 g/mol. The fourth-order valence-electron chi connectivity index (χ4n) is 1.10. The molecule has 0 aromatic carbocycles. The van der Waals surface area contributed by atoms with Crippen molar-refractivity contribution in [3.05, 3.63) is 29.6 Å². The number of aromatic nitrogens is 1. The van der Waals surface area contributed by atoms with E-state index in [0.717, 1.165) is 18.4 Å². The molecule has 0 saturated carbocycles. The second-order valence-corrected chi connectivity index (χ2v) is 3.65. The Kier molecular flexibility index (Phi) is 3.32. The average Bonchev–Trinajstić information content (AvgIpc) is 2.04. The molecule has 1 unspecified atom stereocenters. The third kappa shape index (κ3) is 3.00. The van der Waals surface area contributed by atoms with Crippen molar-refractivity contribution in [1.29, 1.82) is 0 Å². The normalized spacial score (nSPS) is 11.7. The molecule has 0 amide bonds. The fraction of sp³-hybridized carbons (Fsp3) is 0.444. The van der Waals surface area contributed by atoms with Crippen molar-refractivity contribution in [2.45, 2.75) is 25.4 Å². The topological polar surface area (TPSA) is 12.9 Å². The Labute approximate surface area is 78.8 Å². The first-order chi connectivity index (χ1) is 6.04. The summed E-state index contributed by atoms with van der Waals surface area (Å²) in [5.41, 5.74) is -2.18. The van der Waals surface area contributed by atoms with Gasteiger partial charge in [0.2, 0.25) is 0 Å². The van der Waals surface area contributed by atoms with Gasteiger partial charge in [-0.1, -0.05) is 22.6 Å².